The van der Waals surface area contributed by atoms with E-state index in [1.807, 2.05) is 6.07 Å². The van der Waals surface area contributed by atoms with Crippen LogP contribution in [0, 0.1) is 5.92 Å². The molecule has 2 aliphatic rings. The van der Waals surface area contributed by atoms with Gasteiger partial charge in [-0.1, -0.05) is 42.5 Å². The van der Waals surface area contributed by atoms with E-state index in [4.69, 9.17) is 14.5 Å². The number of nitrogens with one attached hydrogen (secondary N) is 2. The highest BCUT2D eigenvalue weighted by molar-refractivity contribution is 5.79. The zero-order valence-electron chi connectivity index (χ0n) is 19.2. The van der Waals surface area contributed by atoms with Crippen molar-refractivity contribution >= 4 is 5.96 Å². The van der Waals surface area contributed by atoms with E-state index in [9.17, 15) is 0 Å². The van der Waals surface area contributed by atoms with E-state index in [-0.39, 0.29) is 0 Å². The highest BCUT2D eigenvalue weighted by Crippen LogP contribution is 2.30. The second-order valence-corrected chi connectivity index (χ2v) is 8.62. The Labute approximate surface area is 192 Å². The van der Waals surface area contributed by atoms with E-state index < -0.39 is 0 Å². The van der Waals surface area contributed by atoms with Crippen LogP contribution in [0.2, 0.25) is 0 Å². The van der Waals surface area contributed by atoms with E-state index in [0.717, 1.165) is 69.2 Å². The molecular formula is C26H36N4O2. The molecule has 1 heterocycles. The second-order valence-electron chi connectivity index (χ2n) is 8.62. The monoisotopic (exact) mass is 436 g/mol. The van der Waals surface area contributed by atoms with E-state index in [2.05, 4.69) is 64.9 Å². The summed E-state index contributed by atoms with van der Waals surface area (Å²) in [6.07, 6.45) is 2.59. The molecule has 0 spiro atoms. The molecule has 2 fully saturated rings. The van der Waals surface area contributed by atoms with Gasteiger partial charge in [0.05, 0.1) is 26.4 Å². The van der Waals surface area contributed by atoms with Crippen molar-refractivity contribution in [1.29, 1.82) is 0 Å². The van der Waals surface area contributed by atoms with Crippen molar-refractivity contribution in [2.24, 2.45) is 10.9 Å². The molecule has 0 unspecified atom stereocenters. The predicted molar refractivity (Wildman–Crippen MR) is 129 cm³/mol. The Morgan fingerprint density at radius 2 is 1.78 bits per heavy atom. The van der Waals surface area contributed by atoms with E-state index in [1.54, 1.807) is 0 Å². The lowest BCUT2D eigenvalue weighted by molar-refractivity contribution is 0.0342. The highest BCUT2D eigenvalue weighted by Gasteiger charge is 2.22. The van der Waals surface area contributed by atoms with Crippen molar-refractivity contribution in [3.05, 3.63) is 65.2 Å². The number of benzene rings is 2. The Morgan fingerprint density at radius 1 is 1.03 bits per heavy atom. The van der Waals surface area contributed by atoms with Crippen molar-refractivity contribution in [3.8, 4) is 5.75 Å². The van der Waals surface area contributed by atoms with Gasteiger partial charge in [0.15, 0.2) is 5.96 Å². The fraction of sp³-hybridized carbons (Fsp3) is 0.500. The second kappa shape index (κ2) is 11.9. The third-order valence-corrected chi connectivity index (χ3v) is 5.89. The van der Waals surface area contributed by atoms with Crippen LogP contribution in [-0.4, -0.2) is 50.3 Å². The van der Waals surface area contributed by atoms with E-state index >= 15 is 0 Å². The van der Waals surface area contributed by atoms with Crippen LogP contribution in [0.4, 0.5) is 0 Å². The third kappa shape index (κ3) is 7.24. The maximum Gasteiger partial charge on any atom is 0.191 e. The molecular weight excluding hydrogens is 400 g/mol. The van der Waals surface area contributed by atoms with Crippen LogP contribution >= 0.6 is 0 Å². The van der Waals surface area contributed by atoms with E-state index in [0.29, 0.717) is 13.1 Å². The fourth-order valence-corrected chi connectivity index (χ4v) is 3.74. The number of ether oxygens (including phenoxy) is 2. The van der Waals surface area contributed by atoms with Gasteiger partial charge in [0.1, 0.15) is 5.75 Å². The Hall–Kier alpha value is -2.57. The topological polar surface area (TPSA) is 58.1 Å². The number of nitrogens with zero attached hydrogens (tertiary/aromatic N) is 2. The van der Waals surface area contributed by atoms with Gasteiger partial charge >= 0.3 is 0 Å². The number of hydrogen-bond acceptors (Lipinski definition) is 4. The molecule has 0 aromatic heterocycles. The normalized spacial score (nSPS) is 17.2. The van der Waals surface area contributed by atoms with Gasteiger partial charge in [-0.3, -0.25) is 4.90 Å². The number of rotatable bonds is 10. The van der Waals surface area contributed by atoms with Crippen LogP contribution in [0.3, 0.4) is 0 Å². The number of guanidine groups is 1. The first kappa shape index (κ1) is 22.6. The van der Waals surface area contributed by atoms with Crippen LogP contribution < -0.4 is 15.4 Å². The maximum atomic E-state index is 6.04. The summed E-state index contributed by atoms with van der Waals surface area (Å²) in [6.45, 7) is 9.75. The molecule has 0 radical (unpaired) electrons. The minimum atomic E-state index is 0.646. The summed E-state index contributed by atoms with van der Waals surface area (Å²) in [6, 6.07) is 17.1. The van der Waals surface area contributed by atoms with Crippen molar-refractivity contribution < 1.29 is 9.47 Å². The molecule has 0 amide bonds. The summed E-state index contributed by atoms with van der Waals surface area (Å²) in [5.41, 5.74) is 3.71. The average Bonchev–Trinajstić information content (AvgIpc) is 3.66. The molecule has 32 heavy (non-hydrogen) atoms. The highest BCUT2D eigenvalue weighted by atomic mass is 16.5. The van der Waals surface area contributed by atoms with Gasteiger partial charge in [-0.15, -0.1) is 0 Å². The van der Waals surface area contributed by atoms with Crippen molar-refractivity contribution in [2.45, 2.75) is 39.4 Å². The molecule has 0 atom stereocenters. The molecule has 6 nitrogen and oxygen atoms in total. The Morgan fingerprint density at radius 3 is 2.53 bits per heavy atom. The van der Waals surface area contributed by atoms with Gasteiger partial charge in [0, 0.05) is 38.3 Å². The van der Waals surface area contributed by atoms with Crippen LogP contribution in [0.1, 0.15) is 36.5 Å². The molecule has 2 aromatic carbocycles. The zero-order valence-corrected chi connectivity index (χ0v) is 19.2. The molecule has 4 rings (SSSR count). The fourth-order valence-electron chi connectivity index (χ4n) is 3.74. The summed E-state index contributed by atoms with van der Waals surface area (Å²) < 4.78 is 11.5. The standard InChI is InChI=1S/C26H36N4O2/c1-2-27-26(29-18-24-5-3-4-6-25(24)32-20-23-11-12-23)28-17-21-7-9-22(10-8-21)19-30-13-15-31-16-14-30/h3-10,23H,2,11-20H2,1H3,(H2,27,28,29). The number of hydrogen-bond donors (Lipinski definition) is 2. The average molecular weight is 437 g/mol. The number of morpholine rings is 1. The molecule has 1 saturated carbocycles. The molecule has 6 heteroatoms. The summed E-state index contributed by atoms with van der Waals surface area (Å²) in [7, 11) is 0. The van der Waals surface area contributed by atoms with Gasteiger partial charge in [-0.25, -0.2) is 4.99 Å². The summed E-state index contributed by atoms with van der Waals surface area (Å²) in [5.74, 6) is 2.54. The quantitative estimate of drug-likeness (QED) is 0.441. The van der Waals surface area contributed by atoms with Crippen molar-refractivity contribution in [3.63, 3.8) is 0 Å². The molecule has 1 aliphatic heterocycles. The van der Waals surface area contributed by atoms with Gasteiger partial charge < -0.3 is 20.1 Å². The Bertz CT molecular complexity index is 858. The van der Waals surface area contributed by atoms with Gasteiger partial charge in [-0.05, 0) is 42.9 Å². The molecule has 0 bridgehead atoms. The molecule has 1 saturated heterocycles. The van der Waals surface area contributed by atoms with E-state index in [1.165, 1.54) is 24.0 Å². The SMILES string of the molecule is CCNC(=NCc1ccc(CN2CCOCC2)cc1)NCc1ccccc1OCC1CC1. The van der Waals surface area contributed by atoms with Crippen LogP contribution in [0.15, 0.2) is 53.5 Å². The summed E-state index contributed by atoms with van der Waals surface area (Å²) in [5, 5.41) is 6.80. The lowest BCUT2D eigenvalue weighted by Gasteiger charge is -2.26. The third-order valence-electron chi connectivity index (χ3n) is 5.89. The van der Waals surface area contributed by atoms with Crippen LogP contribution in [-0.2, 0) is 24.4 Å². The van der Waals surface area contributed by atoms with Gasteiger partial charge in [0.25, 0.3) is 0 Å². The molecule has 1 aliphatic carbocycles. The van der Waals surface area contributed by atoms with Crippen molar-refractivity contribution in [2.75, 3.05) is 39.5 Å². The minimum Gasteiger partial charge on any atom is -0.493 e. The molecule has 172 valence electrons. The first-order valence-corrected chi connectivity index (χ1v) is 11.9. The Kier molecular flexibility index (Phi) is 8.40. The largest absolute Gasteiger partial charge is 0.493 e. The lowest BCUT2D eigenvalue weighted by atomic mass is 10.1. The van der Waals surface area contributed by atoms with Crippen LogP contribution in [0.25, 0.3) is 0 Å². The lowest BCUT2D eigenvalue weighted by Crippen LogP contribution is -2.36. The first-order chi connectivity index (χ1) is 15.8. The minimum absolute atomic E-state index is 0.646. The predicted octanol–water partition coefficient (Wildman–Crippen LogP) is 3.56. The Balaban J connectivity index is 1.30. The number of para-hydroxylation sites is 1. The molecule has 2 aromatic rings. The van der Waals surface area contributed by atoms with Gasteiger partial charge in [0.2, 0.25) is 0 Å². The first-order valence-electron chi connectivity index (χ1n) is 11.9. The molecule has 2 N–H and O–H groups in total. The maximum absolute atomic E-state index is 6.04. The zero-order chi connectivity index (χ0) is 22.0. The number of aliphatic imine (C=N–C) groups is 1. The van der Waals surface area contributed by atoms with Gasteiger partial charge in [-0.2, -0.15) is 0 Å². The summed E-state index contributed by atoms with van der Waals surface area (Å²) in [4.78, 5) is 7.23. The summed E-state index contributed by atoms with van der Waals surface area (Å²) >= 11 is 0. The van der Waals surface area contributed by atoms with Crippen molar-refractivity contribution in [1.82, 2.24) is 15.5 Å². The van der Waals surface area contributed by atoms with Crippen LogP contribution in [0.5, 0.6) is 5.75 Å². The smallest absolute Gasteiger partial charge is 0.191 e.